The monoisotopic (exact) mass is 265 g/mol. The lowest BCUT2D eigenvalue weighted by molar-refractivity contribution is 0.592. The zero-order valence-electron chi connectivity index (χ0n) is 7.20. The summed E-state index contributed by atoms with van der Waals surface area (Å²) in [6.07, 6.45) is 0. The average molecular weight is 267 g/mol. The first-order valence-corrected chi connectivity index (χ1v) is 5.16. The van der Waals surface area contributed by atoms with Gasteiger partial charge in [0, 0.05) is 16.6 Å². The molecule has 0 saturated heterocycles. The van der Waals surface area contributed by atoms with Crippen LogP contribution in [-0.4, -0.2) is 6.54 Å². The number of halogens is 3. The zero-order valence-corrected chi connectivity index (χ0v) is 9.54. The van der Waals surface area contributed by atoms with Crippen LogP contribution in [0.5, 0.6) is 0 Å². The van der Waals surface area contributed by atoms with Crippen LogP contribution in [0, 0.1) is 5.82 Å². The molecule has 0 saturated carbocycles. The van der Waals surface area contributed by atoms with Crippen molar-refractivity contribution in [2.45, 2.75) is 13.5 Å². The van der Waals surface area contributed by atoms with E-state index in [2.05, 4.69) is 21.2 Å². The molecule has 0 spiro atoms. The Kier molecular flexibility index (Phi) is 4.16. The largest absolute Gasteiger partial charge is 0.313 e. The van der Waals surface area contributed by atoms with Gasteiger partial charge in [0.15, 0.2) is 0 Å². The van der Waals surface area contributed by atoms with Crippen LogP contribution in [0.3, 0.4) is 0 Å². The van der Waals surface area contributed by atoms with E-state index >= 15 is 0 Å². The minimum atomic E-state index is -0.239. The van der Waals surface area contributed by atoms with E-state index in [9.17, 15) is 4.39 Å². The SMILES string of the molecule is CCNCc1cc(Cl)c(Br)cc1F. The molecule has 0 amide bonds. The lowest BCUT2D eigenvalue weighted by atomic mass is 10.2. The van der Waals surface area contributed by atoms with Crippen LogP contribution in [0.25, 0.3) is 0 Å². The van der Waals surface area contributed by atoms with Crippen molar-refractivity contribution in [1.29, 1.82) is 0 Å². The number of rotatable bonds is 3. The van der Waals surface area contributed by atoms with Crippen molar-refractivity contribution >= 4 is 27.5 Å². The van der Waals surface area contributed by atoms with Gasteiger partial charge < -0.3 is 5.32 Å². The first-order chi connectivity index (χ1) is 6.15. The van der Waals surface area contributed by atoms with E-state index < -0.39 is 0 Å². The summed E-state index contributed by atoms with van der Waals surface area (Å²) in [7, 11) is 0. The summed E-state index contributed by atoms with van der Waals surface area (Å²) in [4.78, 5) is 0. The van der Waals surface area contributed by atoms with Gasteiger partial charge in [-0.25, -0.2) is 4.39 Å². The van der Waals surface area contributed by atoms with Gasteiger partial charge in [-0.2, -0.15) is 0 Å². The molecule has 0 heterocycles. The van der Waals surface area contributed by atoms with Crippen molar-refractivity contribution in [2.75, 3.05) is 6.54 Å². The quantitative estimate of drug-likeness (QED) is 0.827. The van der Waals surface area contributed by atoms with Gasteiger partial charge in [-0.3, -0.25) is 0 Å². The van der Waals surface area contributed by atoms with Gasteiger partial charge in [0.2, 0.25) is 0 Å². The molecule has 1 aromatic carbocycles. The summed E-state index contributed by atoms with van der Waals surface area (Å²) in [5.41, 5.74) is 0.593. The normalized spacial score (nSPS) is 10.5. The fraction of sp³-hybridized carbons (Fsp3) is 0.333. The highest BCUT2D eigenvalue weighted by atomic mass is 79.9. The highest BCUT2D eigenvalue weighted by Gasteiger charge is 2.05. The van der Waals surface area contributed by atoms with Gasteiger partial charge in [-0.05, 0) is 34.6 Å². The topological polar surface area (TPSA) is 12.0 Å². The molecule has 1 nitrogen and oxygen atoms in total. The van der Waals surface area contributed by atoms with E-state index in [1.54, 1.807) is 6.07 Å². The molecule has 0 unspecified atom stereocenters. The molecule has 0 aliphatic rings. The van der Waals surface area contributed by atoms with Crippen LogP contribution in [0.1, 0.15) is 12.5 Å². The van der Waals surface area contributed by atoms with Gasteiger partial charge in [-0.1, -0.05) is 18.5 Å². The standard InChI is InChI=1S/C9H10BrClFN/c1-2-13-5-6-3-8(11)7(10)4-9(6)12/h3-4,13H,2,5H2,1H3. The molecule has 1 aromatic rings. The van der Waals surface area contributed by atoms with Crippen LogP contribution in [-0.2, 0) is 6.54 Å². The molecule has 0 atom stereocenters. The molecule has 0 radical (unpaired) electrons. The minimum absolute atomic E-state index is 0.239. The van der Waals surface area contributed by atoms with Crippen molar-refractivity contribution in [3.63, 3.8) is 0 Å². The van der Waals surface area contributed by atoms with Crippen LogP contribution in [0.15, 0.2) is 16.6 Å². The molecule has 4 heteroatoms. The molecular weight excluding hydrogens is 256 g/mol. The Labute approximate surface area is 90.4 Å². The van der Waals surface area contributed by atoms with Crippen molar-refractivity contribution in [3.8, 4) is 0 Å². The maximum atomic E-state index is 13.2. The van der Waals surface area contributed by atoms with Crippen LogP contribution >= 0.6 is 27.5 Å². The summed E-state index contributed by atoms with van der Waals surface area (Å²) in [6, 6.07) is 3.01. The summed E-state index contributed by atoms with van der Waals surface area (Å²) < 4.78 is 13.8. The highest BCUT2D eigenvalue weighted by molar-refractivity contribution is 9.10. The Morgan fingerprint density at radius 1 is 1.54 bits per heavy atom. The Hall–Kier alpha value is -0.120. The first kappa shape index (κ1) is 11.0. The van der Waals surface area contributed by atoms with E-state index in [1.807, 2.05) is 6.92 Å². The fourth-order valence-corrected chi connectivity index (χ4v) is 1.46. The lowest BCUT2D eigenvalue weighted by Crippen LogP contribution is -2.12. The minimum Gasteiger partial charge on any atom is -0.313 e. The van der Waals surface area contributed by atoms with Gasteiger partial charge >= 0.3 is 0 Å². The number of hydrogen-bond donors (Lipinski definition) is 1. The van der Waals surface area contributed by atoms with Gasteiger partial charge in [-0.15, -0.1) is 0 Å². The zero-order chi connectivity index (χ0) is 9.84. The molecule has 0 fully saturated rings. The van der Waals surface area contributed by atoms with Crippen LogP contribution < -0.4 is 5.32 Å². The fourth-order valence-electron chi connectivity index (χ4n) is 0.959. The second-order valence-electron chi connectivity index (χ2n) is 2.64. The summed E-state index contributed by atoms with van der Waals surface area (Å²) in [6.45, 7) is 3.29. The molecular formula is C9H10BrClFN. The average Bonchev–Trinajstić information content (AvgIpc) is 2.09. The van der Waals surface area contributed by atoms with E-state index in [0.29, 0.717) is 21.6 Å². The molecule has 0 aliphatic heterocycles. The van der Waals surface area contributed by atoms with Crippen LogP contribution in [0.4, 0.5) is 4.39 Å². The molecule has 0 aliphatic carbocycles. The van der Waals surface area contributed by atoms with E-state index in [0.717, 1.165) is 6.54 Å². The third-order valence-corrected chi connectivity index (χ3v) is 2.85. The Morgan fingerprint density at radius 2 is 2.23 bits per heavy atom. The number of nitrogens with one attached hydrogen (secondary N) is 1. The van der Waals surface area contributed by atoms with E-state index in [-0.39, 0.29) is 5.82 Å². The molecule has 72 valence electrons. The summed E-state index contributed by atoms with van der Waals surface area (Å²) >= 11 is 8.98. The summed E-state index contributed by atoms with van der Waals surface area (Å²) in [5.74, 6) is -0.239. The second kappa shape index (κ2) is 4.94. The Morgan fingerprint density at radius 3 is 2.85 bits per heavy atom. The molecule has 13 heavy (non-hydrogen) atoms. The lowest BCUT2D eigenvalue weighted by Gasteiger charge is -2.05. The van der Waals surface area contributed by atoms with Gasteiger partial charge in [0.25, 0.3) is 0 Å². The highest BCUT2D eigenvalue weighted by Crippen LogP contribution is 2.25. The Balaban J connectivity index is 2.88. The number of benzene rings is 1. The third kappa shape index (κ3) is 2.93. The molecule has 1 rings (SSSR count). The van der Waals surface area contributed by atoms with Gasteiger partial charge in [0.1, 0.15) is 5.82 Å². The maximum Gasteiger partial charge on any atom is 0.128 e. The second-order valence-corrected chi connectivity index (χ2v) is 3.90. The predicted octanol–water partition coefficient (Wildman–Crippen LogP) is 3.35. The summed E-state index contributed by atoms with van der Waals surface area (Å²) in [5, 5.41) is 3.57. The molecule has 0 aromatic heterocycles. The molecule has 1 N–H and O–H groups in total. The van der Waals surface area contributed by atoms with E-state index in [1.165, 1.54) is 6.07 Å². The predicted molar refractivity (Wildman–Crippen MR) is 56.5 cm³/mol. The van der Waals surface area contributed by atoms with Crippen molar-refractivity contribution in [2.24, 2.45) is 0 Å². The van der Waals surface area contributed by atoms with Crippen LogP contribution in [0.2, 0.25) is 5.02 Å². The third-order valence-electron chi connectivity index (χ3n) is 1.65. The first-order valence-electron chi connectivity index (χ1n) is 3.99. The van der Waals surface area contributed by atoms with Gasteiger partial charge in [0.05, 0.1) is 5.02 Å². The Bertz CT molecular complexity index is 304. The number of hydrogen-bond acceptors (Lipinski definition) is 1. The maximum absolute atomic E-state index is 13.2. The molecule has 0 bridgehead atoms. The smallest absolute Gasteiger partial charge is 0.128 e. The van der Waals surface area contributed by atoms with Crippen molar-refractivity contribution in [1.82, 2.24) is 5.32 Å². The van der Waals surface area contributed by atoms with E-state index in [4.69, 9.17) is 11.6 Å². The van der Waals surface area contributed by atoms with Crippen molar-refractivity contribution in [3.05, 3.63) is 33.0 Å². The van der Waals surface area contributed by atoms with Crippen molar-refractivity contribution < 1.29 is 4.39 Å².